The summed E-state index contributed by atoms with van der Waals surface area (Å²) in [6, 6.07) is 17.9. The van der Waals surface area contributed by atoms with Crippen molar-refractivity contribution in [2.24, 2.45) is 5.92 Å². The summed E-state index contributed by atoms with van der Waals surface area (Å²) >= 11 is 0. The van der Waals surface area contributed by atoms with E-state index in [4.69, 9.17) is 4.74 Å². The van der Waals surface area contributed by atoms with Gasteiger partial charge >= 0.3 is 6.03 Å². The van der Waals surface area contributed by atoms with Crippen molar-refractivity contribution < 1.29 is 9.53 Å². The molecule has 2 amide bonds. The van der Waals surface area contributed by atoms with Crippen molar-refractivity contribution in [1.82, 2.24) is 10.6 Å². The molecule has 1 atom stereocenters. The van der Waals surface area contributed by atoms with Crippen LogP contribution in [-0.4, -0.2) is 32.8 Å². The summed E-state index contributed by atoms with van der Waals surface area (Å²) in [6.07, 6.45) is 1.08. The third kappa shape index (κ3) is 4.89. The molecular formula is C20H25N3O2. The number of methoxy groups -OCH3 is 1. The van der Waals surface area contributed by atoms with Gasteiger partial charge in [-0.1, -0.05) is 36.4 Å². The van der Waals surface area contributed by atoms with E-state index in [1.54, 1.807) is 7.11 Å². The van der Waals surface area contributed by atoms with Crippen LogP contribution in [0.15, 0.2) is 54.6 Å². The highest BCUT2D eigenvalue weighted by atomic mass is 16.5. The molecule has 1 aliphatic heterocycles. The van der Waals surface area contributed by atoms with Crippen LogP contribution in [-0.2, 0) is 6.54 Å². The summed E-state index contributed by atoms with van der Waals surface area (Å²) in [5.74, 6) is 1.34. The summed E-state index contributed by atoms with van der Waals surface area (Å²) in [4.78, 5) is 14.3. The van der Waals surface area contributed by atoms with E-state index in [9.17, 15) is 4.79 Å². The highest BCUT2D eigenvalue weighted by Crippen LogP contribution is 2.26. The fourth-order valence-corrected chi connectivity index (χ4v) is 3.12. The van der Waals surface area contributed by atoms with Gasteiger partial charge in [0.05, 0.1) is 7.11 Å². The number of hydrogen-bond acceptors (Lipinski definition) is 3. The third-order valence-electron chi connectivity index (χ3n) is 4.55. The van der Waals surface area contributed by atoms with Crippen LogP contribution in [0.1, 0.15) is 12.0 Å². The van der Waals surface area contributed by atoms with Crippen molar-refractivity contribution >= 4 is 11.7 Å². The zero-order valence-electron chi connectivity index (χ0n) is 14.6. The number of ether oxygens (including phenoxy) is 1. The molecule has 0 saturated carbocycles. The Morgan fingerprint density at radius 3 is 2.80 bits per heavy atom. The van der Waals surface area contributed by atoms with Gasteiger partial charge < -0.3 is 20.3 Å². The van der Waals surface area contributed by atoms with Crippen molar-refractivity contribution in [3.05, 3.63) is 60.2 Å². The van der Waals surface area contributed by atoms with Crippen LogP contribution in [0, 0.1) is 5.92 Å². The van der Waals surface area contributed by atoms with Gasteiger partial charge in [0.1, 0.15) is 5.75 Å². The van der Waals surface area contributed by atoms with E-state index in [1.807, 2.05) is 42.5 Å². The van der Waals surface area contributed by atoms with Gasteiger partial charge in [-0.15, -0.1) is 0 Å². The lowest BCUT2D eigenvalue weighted by Crippen LogP contribution is -2.38. The first-order chi connectivity index (χ1) is 12.2. The fraction of sp³-hybridized carbons (Fsp3) is 0.350. The zero-order chi connectivity index (χ0) is 17.5. The molecule has 132 valence electrons. The van der Waals surface area contributed by atoms with E-state index in [1.165, 1.54) is 5.69 Å². The zero-order valence-corrected chi connectivity index (χ0v) is 14.6. The van der Waals surface area contributed by atoms with Crippen molar-refractivity contribution in [1.29, 1.82) is 0 Å². The molecule has 2 aromatic carbocycles. The van der Waals surface area contributed by atoms with Crippen LogP contribution in [0.3, 0.4) is 0 Å². The number of carbonyl (C=O) groups excluding carboxylic acids is 1. The molecule has 1 fully saturated rings. The quantitative estimate of drug-likeness (QED) is 0.851. The molecule has 0 bridgehead atoms. The van der Waals surface area contributed by atoms with Crippen molar-refractivity contribution in [3.8, 4) is 5.75 Å². The second-order valence-electron chi connectivity index (χ2n) is 6.35. The minimum atomic E-state index is -0.108. The number of benzene rings is 2. The maximum absolute atomic E-state index is 12.0. The fourth-order valence-electron chi connectivity index (χ4n) is 3.12. The van der Waals surface area contributed by atoms with Gasteiger partial charge in [-0.3, -0.25) is 0 Å². The lowest BCUT2D eigenvalue weighted by atomic mass is 10.1. The van der Waals surface area contributed by atoms with Crippen molar-refractivity contribution in [2.45, 2.75) is 13.0 Å². The molecule has 1 saturated heterocycles. The monoisotopic (exact) mass is 339 g/mol. The summed E-state index contributed by atoms with van der Waals surface area (Å²) in [5, 5.41) is 5.89. The number of nitrogens with one attached hydrogen (secondary N) is 2. The Labute approximate surface area is 149 Å². The van der Waals surface area contributed by atoms with Crippen molar-refractivity contribution in [2.75, 3.05) is 31.6 Å². The van der Waals surface area contributed by atoms with Crippen LogP contribution in [0.4, 0.5) is 10.5 Å². The first kappa shape index (κ1) is 17.1. The molecule has 1 aliphatic rings. The third-order valence-corrected chi connectivity index (χ3v) is 4.55. The average Bonchev–Trinajstić information content (AvgIpc) is 3.15. The summed E-state index contributed by atoms with van der Waals surface area (Å²) < 4.78 is 5.29. The van der Waals surface area contributed by atoms with E-state index >= 15 is 0 Å². The van der Waals surface area contributed by atoms with E-state index in [0.717, 1.165) is 30.8 Å². The topological polar surface area (TPSA) is 53.6 Å². The molecule has 25 heavy (non-hydrogen) atoms. The molecule has 0 aliphatic carbocycles. The van der Waals surface area contributed by atoms with Crippen LogP contribution in [0.2, 0.25) is 0 Å². The highest BCUT2D eigenvalue weighted by Gasteiger charge is 2.23. The van der Waals surface area contributed by atoms with Crippen LogP contribution in [0.5, 0.6) is 5.75 Å². The molecule has 2 N–H and O–H groups in total. The first-order valence-corrected chi connectivity index (χ1v) is 8.69. The Morgan fingerprint density at radius 1 is 1.16 bits per heavy atom. The molecule has 0 spiro atoms. The molecule has 3 rings (SSSR count). The second-order valence-corrected chi connectivity index (χ2v) is 6.35. The minimum absolute atomic E-state index is 0.108. The van der Waals surface area contributed by atoms with E-state index < -0.39 is 0 Å². The number of amides is 2. The normalized spacial score (nSPS) is 16.5. The molecule has 2 aromatic rings. The lowest BCUT2D eigenvalue weighted by molar-refractivity contribution is 0.239. The first-order valence-electron chi connectivity index (χ1n) is 8.69. The molecule has 1 heterocycles. The SMILES string of the molecule is COc1cccc(N2CCC(CNC(=O)NCc3ccccc3)C2)c1. The van der Waals surface area contributed by atoms with Crippen LogP contribution < -0.4 is 20.3 Å². The van der Waals surface area contributed by atoms with Crippen LogP contribution in [0.25, 0.3) is 0 Å². The maximum atomic E-state index is 12.0. The van der Waals surface area contributed by atoms with Gasteiger partial charge in [-0.25, -0.2) is 4.79 Å². The number of nitrogens with zero attached hydrogens (tertiary/aromatic N) is 1. The number of carbonyl (C=O) groups is 1. The van der Waals surface area contributed by atoms with Gasteiger partial charge in [-0.05, 0) is 30.0 Å². The Kier molecular flexibility index (Phi) is 5.77. The summed E-state index contributed by atoms with van der Waals surface area (Å²) in [7, 11) is 1.68. The molecule has 0 aromatic heterocycles. The van der Waals surface area contributed by atoms with Gasteiger partial charge in [-0.2, -0.15) is 0 Å². The Bertz CT molecular complexity index is 690. The molecule has 1 unspecified atom stereocenters. The van der Waals surface area contributed by atoms with E-state index in [0.29, 0.717) is 19.0 Å². The minimum Gasteiger partial charge on any atom is -0.497 e. The predicted molar refractivity (Wildman–Crippen MR) is 100.0 cm³/mol. The summed E-state index contributed by atoms with van der Waals surface area (Å²) in [5.41, 5.74) is 2.28. The highest BCUT2D eigenvalue weighted by molar-refractivity contribution is 5.73. The Hall–Kier alpha value is -2.69. The summed E-state index contributed by atoms with van der Waals surface area (Å²) in [6.45, 7) is 3.20. The van der Waals surface area contributed by atoms with Gasteiger partial charge in [0.2, 0.25) is 0 Å². The van der Waals surface area contributed by atoms with E-state index in [2.05, 4.69) is 27.7 Å². The van der Waals surface area contributed by atoms with Gasteiger partial charge in [0, 0.05) is 37.9 Å². The molecule has 5 heteroatoms. The number of urea groups is 1. The van der Waals surface area contributed by atoms with E-state index in [-0.39, 0.29) is 6.03 Å². The molecular weight excluding hydrogens is 314 g/mol. The lowest BCUT2D eigenvalue weighted by Gasteiger charge is -2.19. The van der Waals surface area contributed by atoms with Crippen molar-refractivity contribution in [3.63, 3.8) is 0 Å². The standard InChI is InChI=1S/C20H25N3O2/c1-25-19-9-5-8-18(12-19)23-11-10-17(15-23)14-22-20(24)21-13-16-6-3-2-4-7-16/h2-9,12,17H,10-11,13-15H2,1H3,(H2,21,22,24). The number of rotatable bonds is 6. The van der Waals surface area contributed by atoms with Crippen LogP contribution >= 0.6 is 0 Å². The van der Waals surface area contributed by atoms with Gasteiger partial charge in [0.25, 0.3) is 0 Å². The Balaban J connectivity index is 1.41. The number of hydrogen-bond donors (Lipinski definition) is 2. The molecule has 0 radical (unpaired) electrons. The molecule has 5 nitrogen and oxygen atoms in total. The Morgan fingerprint density at radius 2 is 2.00 bits per heavy atom. The smallest absolute Gasteiger partial charge is 0.315 e. The van der Waals surface area contributed by atoms with Gasteiger partial charge in [0.15, 0.2) is 0 Å². The average molecular weight is 339 g/mol. The number of anilines is 1. The predicted octanol–water partition coefficient (Wildman–Crippen LogP) is 3.02. The maximum Gasteiger partial charge on any atom is 0.315 e. The second kappa shape index (κ2) is 8.42. The largest absolute Gasteiger partial charge is 0.497 e.